The minimum Gasteiger partial charge on any atom is -0.481 e. The number of carbonyl (C=O) groups excluding carboxylic acids is 6. The summed E-state index contributed by atoms with van der Waals surface area (Å²) < 4.78 is 0. The largest absolute Gasteiger partial charge is 0.481 e. The Morgan fingerprint density at radius 2 is 0.806 bits per heavy atom. The molecule has 0 bridgehead atoms. The molecule has 0 aliphatic carbocycles. The number of hydrogen-bond acceptors (Lipinski definition) is 10. The fraction of sp³-hybridized carbons (Fsp3) is 0.400. The van der Waals surface area contributed by atoms with Gasteiger partial charge in [0.15, 0.2) is 0 Å². The van der Waals surface area contributed by atoms with E-state index in [1.54, 1.807) is 0 Å². The molecule has 6 amide bonds. The van der Waals surface area contributed by atoms with Crippen LogP contribution in [-0.4, -0.2) is 88.9 Å². The molecule has 0 aromatic rings. The molecule has 164 valence electrons. The Morgan fingerprint density at radius 1 is 0.581 bits per heavy atom. The molecule has 3 unspecified atom stereocenters. The number of imide groups is 3. The van der Waals surface area contributed by atoms with E-state index < -0.39 is 90.4 Å². The van der Waals surface area contributed by atoms with E-state index in [-0.39, 0.29) is 20.3 Å². The van der Waals surface area contributed by atoms with Gasteiger partial charge in [0.25, 0.3) is 17.7 Å². The summed E-state index contributed by atoms with van der Waals surface area (Å²) in [5.41, 5.74) is 0. The van der Waals surface area contributed by atoms with Crippen molar-refractivity contribution in [3.63, 3.8) is 0 Å². The van der Waals surface area contributed by atoms with Crippen LogP contribution in [0.1, 0.15) is 19.3 Å². The zero-order valence-electron chi connectivity index (χ0n) is 15.2. The van der Waals surface area contributed by atoms with Gasteiger partial charge < -0.3 is 15.3 Å². The van der Waals surface area contributed by atoms with Crippen molar-refractivity contribution in [2.45, 2.75) is 19.3 Å². The smallest absolute Gasteiger partial charge is 0.316 e. The van der Waals surface area contributed by atoms with Gasteiger partial charge in [0.2, 0.25) is 17.7 Å². The van der Waals surface area contributed by atoms with Gasteiger partial charge in [-0.1, -0.05) is 0 Å². The maximum atomic E-state index is 12.5. The minimum absolute atomic E-state index is 0.126. The lowest BCUT2D eigenvalue weighted by Gasteiger charge is -2.39. The molecule has 3 heterocycles. The molecule has 3 fully saturated rings. The van der Waals surface area contributed by atoms with E-state index in [0.29, 0.717) is 0 Å². The zero-order chi connectivity index (χ0) is 23.4. The number of amides is 6. The summed E-state index contributed by atoms with van der Waals surface area (Å²) >= 11 is 0. The average Bonchev–Trinajstić information content (AvgIpc) is 3.24. The summed E-state index contributed by atoms with van der Waals surface area (Å²) in [5, 5.41) is 26.8. The lowest BCUT2D eigenvalue weighted by atomic mass is 10.1. The third-order valence-corrected chi connectivity index (χ3v) is 4.80. The van der Waals surface area contributed by atoms with Gasteiger partial charge in [-0.25, -0.2) is 0 Å². The molecule has 0 aromatic carbocycles. The van der Waals surface area contributed by atoms with Crippen LogP contribution >= 0.6 is 0 Å². The van der Waals surface area contributed by atoms with Crippen molar-refractivity contribution >= 4 is 53.4 Å². The number of hydrogen-bond donors (Lipinski definition) is 3. The van der Waals surface area contributed by atoms with E-state index in [1.807, 2.05) is 0 Å². The van der Waals surface area contributed by atoms with Gasteiger partial charge in [0.1, 0.15) is 17.8 Å². The Labute approximate surface area is 170 Å². The number of aliphatic carboxylic acids is 3. The molecule has 0 radical (unpaired) electrons. The Kier molecular flexibility index (Phi) is 5.02. The van der Waals surface area contributed by atoms with Gasteiger partial charge in [-0.3, -0.25) is 43.2 Å². The SMILES string of the molecule is O=C(O)C1CC(=O)N(N(N2C(=O)CC(C(=O)O)C2=O)N2C(=O)CC(C(=O)O)C2=O)C1=O. The van der Waals surface area contributed by atoms with Crippen LogP contribution in [0, 0.1) is 17.8 Å². The first-order valence-electron chi connectivity index (χ1n) is 8.47. The van der Waals surface area contributed by atoms with Crippen LogP contribution in [0.2, 0.25) is 0 Å². The number of carbonyl (C=O) groups is 9. The molecule has 31 heavy (non-hydrogen) atoms. The van der Waals surface area contributed by atoms with Crippen LogP contribution in [0.15, 0.2) is 0 Å². The van der Waals surface area contributed by atoms with Gasteiger partial charge in [0.05, 0.1) is 19.3 Å². The maximum absolute atomic E-state index is 12.5. The first-order valence-corrected chi connectivity index (χ1v) is 8.47. The lowest BCUT2D eigenvalue weighted by molar-refractivity contribution is -0.252. The lowest BCUT2D eigenvalue weighted by Crippen LogP contribution is -2.66. The summed E-state index contributed by atoms with van der Waals surface area (Å²) in [6, 6.07) is 0. The van der Waals surface area contributed by atoms with Crippen molar-refractivity contribution in [2.24, 2.45) is 17.8 Å². The molecule has 3 aliphatic heterocycles. The van der Waals surface area contributed by atoms with Gasteiger partial charge >= 0.3 is 17.9 Å². The molecule has 0 saturated carbocycles. The standard InChI is InChI=1S/C15H12N4O12/c20-7-1-4(13(26)27)10(23)16(7)19(17-8(21)2-5(11(17)24)14(28)29)18-9(22)3-6(12(18)25)15(30)31/h4-6H,1-3H2,(H,26,27)(H,28,29)(H,30,31). The van der Waals surface area contributed by atoms with Crippen molar-refractivity contribution < 1.29 is 58.5 Å². The third-order valence-electron chi connectivity index (χ3n) is 4.80. The Balaban J connectivity index is 2.13. The first-order chi connectivity index (χ1) is 14.4. The van der Waals surface area contributed by atoms with Gasteiger partial charge in [-0.05, 0) is 5.23 Å². The number of hydrazine groups is 3. The first kappa shape index (κ1) is 21.5. The van der Waals surface area contributed by atoms with Crippen LogP contribution < -0.4 is 0 Å². The maximum Gasteiger partial charge on any atom is 0.316 e. The van der Waals surface area contributed by atoms with E-state index in [4.69, 9.17) is 15.3 Å². The highest BCUT2D eigenvalue weighted by Crippen LogP contribution is 2.32. The summed E-state index contributed by atoms with van der Waals surface area (Å²) in [5.74, 6) is -19.8. The van der Waals surface area contributed by atoms with E-state index in [9.17, 15) is 43.2 Å². The molecule has 3 saturated heterocycles. The molecule has 0 aromatic heterocycles. The van der Waals surface area contributed by atoms with Crippen LogP contribution in [0.25, 0.3) is 0 Å². The number of carboxylic acid groups (broad SMARTS) is 3. The second-order valence-corrected chi connectivity index (χ2v) is 6.68. The van der Waals surface area contributed by atoms with E-state index >= 15 is 0 Å². The number of nitrogens with zero attached hydrogens (tertiary/aromatic N) is 4. The van der Waals surface area contributed by atoms with Crippen molar-refractivity contribution in [1.29, 1.82) is 0 Å². The molecular weight excluding hydrogens is 428 g/mol. The van der Waals surface area contributed by atoms with Crippen molar-refractivity contribution in [3.8, 4) is 0 Å². The van der Waals surface area contributed by atoms with Crippen LogP contribution in [-0.2, 0) is 43.2 Å². The topological polar surface area (TPSA) is 227 Å². The predicted octanol–water partition coefficient (Wildman–Crippen LogP) is -3.59. The van der Waals surface area contributed by atoms with Crippen molar-refractivity contribution in [2.75, 3.05) is 0 Å². The van der Waals surface area contributed by atoms with Gasteiger partial charge in [-0.15, -0.1) is 0 Å². The molecule has 0 spiro atoms. The molecule has 3 atom stereocenters. The Bertz CT molecular complexity index is 865. The Hall–Kier alpha value is -4.21. The zero-order valence-corrected chi connectivity index (χ0v) is 15.2. The summed E-state index contributed by atoms with van der Waals surface area (Å²) in [4.78, 5) is 108. The molecule has 3 rings (SSSR count). The van der Waals surface area contributed by atoms with E-state index in [2.05, 4.69) is 0 Å². The van der Waals surface area contributed by atoms with Gasteiger partial charge in [-0.2, -0.15) is 15.0 Å². The second-order valence-electron chi connectivity index (χ2n) is 6.68. The molecular formula is C15H12N4O12. The quantitative estimate of drug-likeness (QED) is 0.268. The van der Waals surface area contributed by atoms with Crippen LogP contribution in [0.3, 0.4) is 0 Å². The molecule has 16 nitrogen and oxygen atoms in total. The van der Waals surface area contributed by atoms with Crippen LogP contribution in [0.5, 0.6) is 0 Å². The third kappa shape index (κ3) is 3.18. The highest BCUT2D eigenvalue weighted by molar-refractivity contribution is 6.16. The van der Waals surface area contributed by atoms with Gasteiger partial charge in [0, 0.05) is 0 Å². The summed E-state index contributed by atoms with van der Waals surface area (Å²) in [7, 11) is 0. The average molecular weight is 440 g/mol. The fourth-order valence-electron chi connectivity index (χ4n) is 3.27. The molecule has 3 N–H and O–H groups in total. The summed E-state index contributed by atoms with van der Waals surface area (Å²) in [6.45, 7) is 0. The van der Waals surface area contributed by atoms with E-state index in [1.165, 1.54) is 0 Å². The van der Waals surface area contributed by atoms with E-state index in [0.717, 1.165) is 0 Å². The second kappa shape index (κ2) is 7.24. The molecule has 16 heteroatoms. The van der Waals surface area contributed by atoms with Crippen molar-refractivity contribution in [1.82, 2.24) is 20.3 Å². The molecule has 3 aliphatic rings. The Morgan fingerprint density at radius 3 is 0.968 bits per heavy atom. The number of carboxylic acids is 3. The normalized spacial score (nSPS) is 26.6. The highest BCUT2D eigenvalue weighted by atomic mass is 16.4. The van der Waals surface area contributed by atoms with Crippen molar-refractivity contribution in [3.05, 3.63) is 0 Å². The monoisotopic (exact) mass is 440 g/mol. The fourth-order valence-corrected chi connectivity index (χ4v) is 3.27. The minimum atomic E-state index is -1.99. The predicted molar refractivity (Wildman–Crippen MR) is 84.6 cm³/mol. The van der Waals surface area contributed by atoms with Crippen LogP contribution in [0.4, 0.5) is 0 Å². The summed E-state index contributed by atoms with van der Waals surface area (Å²) in [6.07, 6.45) is -2.87. The highest BCUT2D eigenvalue weighted by Gasteiger charge is 2.59. The number of rotatable bonds is 6.